The van der Waals surface area contributed by atoms with Crippen LogP contribution in [0.5, 0.6) is 0 Å². The molecule has 0 aromatic heterocycles. The lowest BCUT2D eigenvalue weighted by molar-refractivity contribution is 0.505. The van der Waals surface area contributed by atoms with Gasteiger partial charge in [0, 0.05) is 12.6 Å². The van der Waals surface area contributed by atoms with E-state index < -0.39 is 11.6 Å². The summed E-state index contributed by atoms with van der Waals surface area (Å²) < 4.78 is 25.5. The fourth-order valence-electron chi connectivity index (χ4n) is 1.49. The minimum Gasteiger partial charge on any atom is -0.314 e. The third-order valence-corrected chi connectivity index (χ3v) is 2.40. The van der Waals surface area contributed by atoms with Crippen molar-refractivity contribution in [2.45, 2.75) is 32.9 Å². The van der Waals surface area contributed by atoms with Crippen molar-refractivity contribution in [3.05, 3.63) is 35.4 Å². The van der Waals surface area contributed by atoms with Gasteiger partial charge in [-0.05, 0) is 37.2 Å². The molecule has 1 aromatic rings. The van der Waals surface area contributed by atoms with Crippen molar-refractivity contribution in [2.24, 2.45) is 0 Å². The van der Waals surface area contributed by atoms with E-state index in [1.54, 1.807) is 6.07 Å². The molecular formula is C13H20F2N2. The quantitative estimate of drug-likeness (QED) is 0.718. The molecule has 4 heteroatoms. The van der Waals surface area contributed by atoms with Crippen LogP contribution in [0.4, 0.5) is 8.78 Å². The Morgan fingerprint density at radius 3 is 2.53 bits per heavy atom. The van der Waals surface area contributed by atoms with Crippen LogP contribution in [0.15, 0.2) is 18.2 Å². The van der Waals surface area contributed by atoms with Crippen LogP contribution in [0.3, 0.4) is 0 Å². The molecule has 0 saturated carbocycles. The van der Waals surface area contributed by atoms with Crippen molar-refractivity contribution < 1.29 is 8.78 Å². The summed E-state index contributed by atoms with van der Waals surface area (Å²) >= 11 is 0. The number of hydrogen-bond acceptors (Lipinski definition) is 2. The molecule has 0 spiro atoms. The summed E-state index contributed by atoms with van der Waals surface area (Å²) in [5, 5.41) is 6.50. The van der Waals surface area contributed by atoms with Crippen LogP contribution in [-0.2, 0) is 6.54 Å². The minimum atomic E-state index is -0.796. The van der Waals surface area contributed by atoms with Gasteiger partial charge in [0.15, 0.2) is 11.6 Å². The molecule has 17 heavy (non-hydrogen) atoms. The summed E-state index contributed by atoms with van der Waals surface area (Å²) in [6, 6.07) is 4.49. The molecule has 0 bridgehead atoms. The molecule has 0 atom stereocenters. The summed E-state index contributed by atoms with van der Waals surface area (Å²) in [4.78, 5) is 0. The van der Waals surface area contributed by atoms with Gasteiger partial charge in [-0.3, -0.25) is 0 Å². The van der Waals surface area contributed by atoms with Gasteiger partial charge in [-0.2, -0.15) is 0 Å². The Balaban J connectivity index is 2.16. The molecule has 0 fully saturated rings. The SMILES string of the molecule is CC(C)NCCCNCc1ccc(F)c(F)c1. The third-order valence-electron chi connectivity index (χ3n) is 2.40. The maximum atomic E-state index is 12.9. The van der Waals surface area contributed by atoms with Gasteiger partial charge < -0.3 is 10.6 Å². The molecule has 0 amide bonds. The van der Waals surface area contributed by atoms with Crippen molar-refractivity contribution >= 4 is 0 Å². The van der Waals surface area contributed by atoms with Gasteiger partial charge in [-0.15, -0.1) is 0 Å². The lowest BCUT2D eigenvalue weighted by Gasteiger charge is -2.08. The highest BCUT2D eigenvalue weighted by atomic mass is 19.2. The molecule has 2 nitrogen and oxygen atoms in total. The standard InChI is InChI=1S/C13H20F2N2/c1-10(2)17-7-3-6-16-9-11-4-5-12(14)13(15)8-11/h4-5,8,10,16-17H,3,6-7,9H2,1-2H3. The second-order valence-corrected chi connectivity index (χ2v) is 4.39. The first-order valence-electron chi connectivity index (χ1n) is 5.97. The molecule has 0 unspecified atom stereocenters. The van der Waals surface area contributed by atoms with Gasteiger partial charge >= 0.3 is 0 Å². The molecule has 0 saturated heterocycles. The number of hydrogen-bond donors (Lipinski definition) is 2. The Labute approximate surface area is 101 Å². The van der Waals surface area contributed by atoms with Gasteiger partial charge in [-0.25, -0.2) is 8.78 Å². The molecule has 1 aromatic carbocycles. The number of nitrogens with one attached hydrogen (secondary N) is 2. The van der Waals surface area contributed by atoms with E-state index in [2.05, 4.69) is 24.5 Å². The van der Waals surface area contributed by atoms with Crippen LogP contribution >= 0.6 is 0 Å². The van der Waals surface area contributed by atoms with Crippen LogP contribution in [0, 0.1) is 11.6 Å². The smallest absolute Gasteiger partial charge is 0.159 e. The molecule has 0 heterocycles. The fraction of sp³-hybridized carbons (Fsp3) is 0.538. The van der Waals surface area contributed by atoms with Crippen molar-refractivity contribution in [2.75, 3.05) is 13.1 Å². The lowest BCUT2D eigenvalue weighted by Crippen LogP contribution is -2.26. The summed E-state index contributed by atoms with van der Waals surface area (Å²) in [7, 11) is 0. The first-order chi connectivity index (χ1) is 8.09. The van der Waals surface area contributed by atoms with Crippen LogP contribution in [0.25, 0.3) is 0 Å². The minimum absolute atomic E-state index is 0.501. The van der Waals surface area contributed by atoms with Gasteiger partial charge in [0.2, 0.25) is 0 Å². The number of halogens is 2. The zero-order valence-corrected chi connectivity index (χ0v) is 10.4. The van der Waals surface area contributed by atoms with Crippen molar-refractivity contribution in [1.29, 1.82) is 0 Å². The number of rotatable bonds is 7. The Bertz CT molecular complexity index is 340. The van der Waals surface area contributed by atoms with E-state index in [0.29, 0.717) is 12.6 Å². The zero-order valence-electron chi connectivity index (χ0n) is 10.4. The highest BCUT2D eigenvalue weighted by molar-refractivity contribution is 5.17. The molecular weight excluding hydrogens is 222 g/mol. The highest BCUT2D eigenvalue weighted by Crippen LogP contribution is 2.08. The molecule has 0 aliphatic heterocycles. The Morgan fingerprint density at radius 2 is 1.88 bits per heavy atom. The molecule has 96 valence electrons. The molecule has 2 N–H and O–H groups in total. The van der Waals surface area contributed by atoms with E-state index in [4.69, 9.17) is 0 Å². The molecule has 0 radical (unpaired) electrons. The molecule has 0 aliphatic rings. The third kappa shape index (κ3) is 5.75. The highest BCUT2D eigenvalue weighted by Gasteiger charge is 2.01. The van der Waals surface area contributed by atoms with Crippen LogP contribution in [-0.4, -0.2) is 19.1 Å². The Kier molecular flexibility index (Phi) is 6.08. The normalized spacial score (nSPS) is 11.1. The van der Waals surface area contributed by atoms with Gasteiger partial charge in [0.25, 0.3) is 0 Å². The second-order valence-electron chi connectivity index (χ2n) is 4.39. The largest absolute Gasteiger partial charge is 0.314 e. The van der Waals surface area contributed by atoms with E-state index in [-0.39, 0.29) is 0 Å². The predicted molar refractivity (Wildman–Crippen MR) is 65.8 cm³/mol. The maximum Gasteiger partial charge on any atom is 0.159 e. The Hall–Kier alpha value is -1.00. The fourth-order valence-corrected chi connectivity index (χ4v) is 1.49. The Morgan fingerprint density at radius 1 is 1.12 bits per heavy atom. The van der Waals surface area contributed by atoms with E-state index in [1.807, 2.05) is 0 Å². The van der Waals surface area contributed by atoms with Crippen LogP contribution < -0.4 is 10.6 Å². The first kappa shape index (κ1) is 14.1. The van der Waals surface area contributed by atoms with E-state index in [1.165, 1.54) is 6.07 Å². The van der Waals surface area contributed by atoms with Gasteiger partial charge in [0.1, 0.15) is 0 Å². The summed E-state index contributed by atoms with van der Waals surface area (Å²) in [5.74, 6) is -1.58. The van der Waals surface area contributed by atoms with Crippen LogP contribution in [0.2, 0.25) is 0 Å². The van der Waals surface area contributed by atoms with Gasteiger partial charge in [-0.1, -0.05) is 19.9 Å². The summed E-state index contributed by atoms with van der Waals surface area (Å²) in [6.07, 6.45) is 1.02. The van der Waals surface area contributed by atoms with Crippen LogP contribution in [0.1, 0.15) is 25.8 Å². The maximum absolute atomic E-state index is 12.9. The molecule has 0 aliphatic carbocycles. The molecule has 1 rings (SSSR count). The lowest BCUT2D eigenvalue weighted by atomic mass is 10.2. The van der Waals surface area contributed by atoms with E-state index in [9.17, 15) is 8.78 Å². The van der Waals surface area contributed by atoms with E-state index >= 15 is 0 Å². The first-order valence-corrected chi connectivity index (χ1v) is 5.97. The predicted octanol–water partition coefficient (Wildman–Crippen LogP) is 2.44. The van der Waals surface area contributed by atoms with Crippen molar-refractivity contribution in [1.82, 2.24) is 10.6 Å². The van der Waals surface area contributed by atoms with Gasteiger partial charge in [0.05, 0.1) is 0 Å². The van der Waals surface area contributed by atoms with Crippen molar-refractivity contribution in [3.8, 4) is 0 Å². The van der Waals surface area contributed by atoms with Crippen molar-refractivity contribution in [3.63, 3.8) is 0 Å². The average Bonchev–Trinajstić information content (AvgIpc) is 2.27. The topological polar surface area (TPSA) is 24.1 Å². The van der Waals surface area contributed by atoms with E-state index in [0.717, 1.165) is 31.1 Å². The average molecular weight is 242 g/mol. The summed E-state index contributed by atoms with van der Waals surface area (Å²) in [6.45, 7) is 6.60. The number of benzene rings is 1. The zero-order chi connectivity index (χ0) is 12.7. The summed E-state index contributed by atoms with van der Waals surface area (Å²) in [5.41, 5.74) is 0.765. The second kappa shape index (κ2) is 7.35. The monoisotopic (exact) mass is 242 g/mol.